The first-order valence-electron chi connectivity index (χ1n) is 21.3. The first-order valence-corrected chi connectivity index (χ1v) is 23.7. The number of hydrogen-bond acceptors (Lipinski definition) is 11. The zero-order valence-electron chi connectivity index (χ0n) is 35.6. The lowest BCUT2D eigenvalue weighted by Crippen LogP contribution is -2.49. The van der Waals surface area contributed by atoms with E-state index in [0.29, 0.717) is 83.7 Å². The van der Waals surface area contributed by atoms with E-state index in [1.807, 2.05) is 42.7 Å². The number of nitrogens with two attached hydrogens (primary N) is 1. The zero-order valence-corrected chi connectivity index (χ0v) is 37.2. The maximum Gasteiger partial charge on any atom is 0.416 e. The van der Waals surface area contributed by atoms with E-state index in [9.17, 15) is 36.0 Å². The average Bonchev–Trinajstić information content (AvgIpc) is 4.15. The third-order valence-corrected chi connectivity index (χ3v) is 14.6. The number of halogens is 3. The van der Waals surface area contributed by atoms with Crippen LogP contribution >= 0.6 is 11.3 Å². The molecule has 13 nitrogen and oxygen atoms in total. The Bertz CT molecular complexity index is 2470. The zero-order chi connectivity index (χ0) is 45.2. The number of anilines is 1. The van der Waals surface area contributed by atoms with Crippen molar-refractivity contribution in [2.24, 2.45) is 17.6 Å². The van der Waals surface area contributed by atoms with Gasteiger partial charge in [-0.15, -0.1) is 11.3 Å². The number of aryl methyl sites for hydroxylation is 1. The third kappa shape index (κ3) is 10.9. The Hall–Kier alpha value is -5.23. The lowest BCUT2D eigenvalue weighted by Gasteiger charge is -2.28. The molecule has 7 rings (SSSR count). The second-order valence-electron chi connectivity index (χ2n) is 17.0. The highest BCUT2D eigenvalue weighted by Gasteiger charge is 2.45. The lowest BCUT2D eigenvalue weighted by atomic mass is 10.0. The first kappa shape index (κ1) is 45.8. The number of nitrogens with zero attached hydrogens (tertiary/aromatic N) is 3. The van der Waals surface area contributed by atoms with E-state index in [0.717, 1.165) is 29.8 Å². The summed E-state index contributed by atoms with van der Waals surface area (Å²) in [5, 5.41) is 6.08. The van der Waals surface area contributed by atoms with Crippen LogP contribution in [0, 0.1) is 18.8 Å². The second kappa shape index (κ2) is 18.9. The number of nitrogens with one attached hydrogen (secondary N) is 2. The Morgan fingerprint density at radius 1 is 1.03 bits per heavy atom. The molecule has 0 radical (unpaired) electrons. The third-order valence-electron chi connectivity index (χ3n) is 11.8. The van der Waals surface area contributed by atoms with Gasteiger partial charge in [0.25, 0.3) is 0 Å². The molecule has 1 aliphatic heterocycles. The second-order valence-corrected chi connectivity index (χ2v) is 19.8. The number of alkyl halides is 3. The van der Waals surface area contributed by atoms with Gasteiger partial charge in [0.2, 0.25) is 27.7 Å². The number of benzene rings is 2. The van der Waals surface area contributed by atoms with Gasteiger partial charge in [0.15, 0.2) is 0 Å². The minimum Gasteiger partial charge on any atom is -0.496 e. The van der Waals surface area contributed by atoms with Crippen molar-refractivity contribution in [3.8, 4) is 22.2 Å². The number of fused-ring (bicyclic) bond motifs is 1. The van der Waals surface area contributed by atoms with Gasteiger partial charge in [-0.2, -0.15) is 13.2 Å². The van der Waals surface area contributed by atoms with Crippen LogP contribution in [-0.4, -0.2) is 78.1 Å². The van der Waals surface area contributed by atoms with Gasteiger partial charge in [0, 0.05) is 40.4 Å². The molecule has 4 aromatic rings. The molecule has 1 saturated heterocycles. The van der Waals surface area contributed by atoms with Gasteiger partial charge in [-0.25, -0.2) is 18.4 Å². The molecule has 0 spiro atoms. The summed E-state index contributed by atoms with van der Waals surface area (Å²) in [7, 11) is -2.00. The molecule has 1 unspecified atom stereocenters. The van der Waals surface area contributed by atoms with Gasteiger partial charge in [0.05, 0.1) is 35.7 Å². The average molecular weight is 911 g/mol. The van der Waals surface area contributed by atoms with Crippen molar-refractivity contribution in [3.63, 3.8) is 0 Å². The number of rotatable bonds is 19. The molecule has 3 heterocycles. The number of primary amides is 1. The van der Waals surface area contributed by atoms with E-state index in [4.69, 9.17) is 25.2 Å². The van der Waals surface area contributed by atoms with Crippen molar-refractivity contribution in [1.82, 2.24) is 19.6 Å². The van der Waals surface area contributed by atoms with Crippen LogP contribution in [0.5, 0.6) is 11.5 Å². The number of carbonyl (C=O) groups is 3. The lowest BCUT2D eigenvalue weighted by molar-refractivity contribution is -0.138. The Kier molecular flexibility index (Phi) is 13.7. The Balaban J connectivity index is 1.04. The predicted octanol–water partition coefficient (Wildman–Crippen LogP) is 7.88. The van der Waals surface area contributed by atoms with E-state index in [1.54, 1.807) is 7.11 Å². The molecule has 2 saturated carbocycles. The number of likely N-dealkylation sites (tertiary alicyclic amines) is 1. The van der Waals surface area contributed by atoms with Crippen LogP contribution in [0.2, 0.25) is 0 Å². The summed E-state index contributed by atoms with van der Waals surface area (Å²) < 4.78 is 78.9. The number of hydrogen-bond donors (Lipinski definition) is 3. The molecule has 338 valence electrons. The number of thiazole rings is 1. The van der Waals surface area contributed by atoms with Crippen molar-refractivity contribution in [2.45, 2.75) is 114 Å². The molecule has 3 amide bonds. The number of pyridine rings is 1. The minimum absolute atomic E-state index is 0.0105. The highest BCUT2D eigenvalue weighted by molar-refractivity contribution is 7.90. The van der Waals surface area contributed by atoms with Gasteiger partial charge < -0.3 is 25.4 Å². The molecule has 18 heteroatoms. The van der Waals surface area contributed by atoms with Crippen LogP contribution < -0.4 is 25.2 Å². The Morgan fingerprint density at radius 2 is 1.78 bits per heavy atom. The van der Waals surface area contributed by atoms with Crippen LogP contribution in [0.15, 0.2) is 60.0 Å². The van der Waals surface area contributed by atoms with E-state index >= 15 is 0 Å². The molecule has 4 N–H and O–H groups in total. The molecule has 3 aliphatic rings. The number of ether oxygens (including phenoxy) is 2. The van der Waals surface area contributed by atoms with E-state index in [-0.39, 0.29) is 30.7 Å². The van der Waals surface area contributed by atoms with E-state index in [1.165, 1.54) is 28.4 Å². The highest BCUT2D eigenvalue weighted by atomic mass is 32.2. The molecule has 2 aromatic carbocycles. The molecular formula is C45H53F3N6O7S2. The minimum atomic E-state index is -4.53. The number of carbonyl (C=O) groups excluding carboxylic acids is 3. The predicted molar refractivity (Wildman–Crippen MR) is 235 cm³/mol. The normalized spacial score (nSPS) is 20.6. The summed E-state index contributed by atoms with van der Waals surface area (Å²) in [4.78, 5) is 51.0. The van der Waals surface area contributed by atoms with Crippen molar-refractivity contribution < 1.29 is 45.4 Å². The summed E-state index contributed by atoms with van der Waals surface area (Å²) in [5.74, 6) is -0.614. The molecule has 3 fully saturated rings. The van der Waals surface area contributed by atoms with Crippen LogP contribution in [0.25, 0.3) is 21.6 Å². The fourth-order valence-corrected chi connectivity index (χ4v) is 10.2. The molecule has 0 bridgehead atoms. The Labute approximate surface area is 369 Å². The fraction of sp³-hybridized carbons (Fsp3) is 0.489. The van der Waals surface area contributed by atoms with Crippen LogP contribution in [-0.2, 0) is 30.6 Å². The van der Waals surface area contributed by atoms with Crippen LogP contribution in [0.3, 0.4) is 0 Å². The summed E-state index contributed by atoms with van der Waals surface area (Å²) in [6, 6.07) is 8.03. The van der Waals surface area contributed by atoms with Crippen LogP contribution in [0.1, 0.15) is 94.4 Å². The van der Waals surface area contributed by atoms with E-state index < -0.39 is 62.9 Å². The molecule has 2 aromatic heterocycles. The summed E-state index contributed by atoms with van der Waals surface area (Å²) in [5.41, 5.74) is 8.38. The fourth-order valence-electron chi connectivity index (χ4n) is 7.93. The van der Waals surface area contributed by atoms with Gasteiger partial charge in [-0.1, -0.05) is 38.8 Å². The summed E-state index contributed by atoms with van der Waals surface area (Å²) in [6.07, 6.45) is 3.65. The number of allylic oxidation sites excluding steroid dienone is 2. The van der Waals surface area contributed by atoms with Crippen molar-refractivity contribution >= 4 is 55.7 Å². The largest absolute Gasteiger partial charge is 0.496 e. The smallest absolute Gasteiger partial charge is 0.416 e. The van der Waals surface area contributed by atoms with E-state index in [2.05, 4.69) is 23.9 Å². The van der Waals surface area contributed by atoms with Gasteiger partial charge in [-0.3, -0.25) is 19.1 Å². The monoisotopic (exact) mass is 910 g/mol. The first-order chi connectivity index (χ1) is 29.9. The quantitative estimate of drug-likeness (QED) is 0.0618. The SMILES string of the molecule is COc1ccc2c(OC3C[C@@H](C(N)=O)N(C(=O)[C@H](CCCCC/C=C\[C@@H]4C[C@@H]4C(=O)NS(=O)(=O)C4CC4)Nc4ccc(C(F)(F)F)cc4)C3)cc(-c3nc(C(C)C)cs3)nc2c1C. The number of unbranched alkanes of at least 4 members (excludes halogenated alkanes) is 3. The van der Waals surface area contributed by atoms with Gasteiger partial charge in [-0.05, 0) is 93.7 Å². The van der Waals surface area contributed by atoms with Crippen molar-refractivity contribution in [2.75, 3.05) is 19.0 Å². The van der Waals surface area contributed by atoms with Crippen molar-refractivity contribution in [1.29, 1.82) is 0 Å². The summed E-state index contributed by atoms with van der Waals surface area (Å²) in [6.45, 7) is 6.05. The number of sulfonamides is 1. The standard InChI is InChI=1S/C45H53F3N6O7S2/c1-25(2)36-24-62-43(52-36)35-22-39(32-18-19-38(60-4)26(3)40(32)51-35)61-30-21-37(41(49)55)54(23-30)44(57)34(50-29-14-12-28(13-15-29)45(46,47)48)11-9-7-5-6-8-10-27-20-33(27)42(56)53-63(58,59)31-16-17-31/h8,10,12-15,18-19,22,24-25,27,30-31,33-34,37,50H,5-7,9,11,16-17,20-21,23H2,1-4H3,(H2,49,55)(H,53,56)/b10-8-/t27-,30?,33+,34+,37+/m1/s1. The molecule has 2 aliphatic carbocycles. The topological polar surface area (TPSA) is 183 Å². The number of amides is 3. The summed E-state index contributed by atoms with van der Waals surface area (Å²) >= 11 is 1.47. The number of methoxy groups -OCH3 is 1. The molecule has 5 atom stereocenters. The molecular weight excluding hydrogens is 858 g/mol. The van der Waals surface area contributed by atoms with Crippen LogP contribution in [0.4, 0.5) is 18.9 Å². The van der Waals surface area contributed by atoms with Crippen molar-refractivity contribution in [3.05, 3.63) is 76.8 Å². The maximum atomic E-state index is 14.5. The van der Waals surface area contributed by atoms with Gasteiger partial charge >= 0.3 is 6.18 Å². The Morgan fingerprint density at radius 3 is 2.43 bits per heavy atom. The maximum absolute atomic E-state index is 14.5. The van der Waals surface area contributed by atoms with Gasteiger partial charge in [0.1, 0.15) is 40.4 Å². The highest BCUT2D eigenvalue weighted by Crippen LogP contribution is 2.41. The number of aromatic nitrogens is 2. The molecule has 63 heavy (non-hydrogen) atoms.